The number of amides is 2. The first kappa shape index (κ1) is 13.2. The summed E-state index contributed by atoms with van der Waals surface area (Å²) in [5.74, 6) is 0. The smallest absolute Gasteiger partial charge is 0.321 e. The van der Waals surface area contributed by atoms with Gasteiger partial charge < -0.3 is 20.2 Å². The molecule has 0 unspecified atom stereocenters. The Morgan fingerprint density at radius 3 is 3.00 bits per heavy atom. The van der Waals surface area contributed by atoms with Crippen LogP contribution >= 0.6 is 0 Å². The van der Waals surface area contributed by atoms with E-state index in [-0.39, 0.29) is 12.1 Å². The van der Waals surface area contributed by atoms with E-state index in [0.29, 0.717) is 19.5 Å². The van der Waals surface area contributed by atoms with Crippen molar-refractivity contribution in [2.45, 2.75) is 25.4 Å². The fourth-order valence-corrected chi connectivity index (χ4v) is 2.99. The molecule has 1 atom stereocenters. The number of nitrogens with zero attached hydrogens (tertiary/aromatic N) is 2. The molecule has 0 aliphatic carbocycles. The lowest BCUT2D eigenvalue weighted by Gasteiger charge is -2.28. The third kappa shape index (κ3) is 2.58. The molecule has 2 aliphatic heterocycles. The number of hydrogen-bond donors (Lipinski definition) is 2. The topological polar surface area (TPSA) is 55.8 Å². The van der Waals surface area contributed by atoms with Gasteiger partial charge in [0.1, 0.15) is 0 Å². The molecule has 3 rings (SSSR count). The molecule has 1 fully saturated rings. The summed E-state index contributed by atoms with van der Waals surface area (Å²) < 4.78 is 0. The standard InChI is InChI=1S/C15H21N3O2/c1-17-7-2-3-11-9-12(4-5-14(11)17)16-15(20)18-8-6-13(19)10-18/h4-5,9,13,19H,2-3,6-8,10H2,1H3,(H,16,20)/t13-/m0/s1. The number of β-amino-alcohol motifs (C(OH)–C–C–N with tert-alkyl or cyclic N) is 1. The Morgan fingerprint density at radius 1 is 1.40 bits per heavy atom. The first-order valence-corrected chi connectivity index (χ1v) is 7.21. The zero-order valence-corrected chi connectivity index (χ0v) is 11.8. The second-order valence-electron chi connectivity index (χ2n) is 5.69. The summed E-state index contributed by atoms with van der Waals surface area (Å²) in [7, 11) is 2.10. The van der Waals surface area contributed by atoms with Crippen LogP contribution in [0.15, 0.2) is 18.2 Å². The van der Waals surface area contributed by atoms with Crippen LogP contribution in [0.5, 0.6) is 0 Å². The van der Waals surface area contributed by atoms with Crippen LogP contribution in [0.3, 0.4) is 0 Å². The number of fused-ring (bicyclic) bond motifs is 1. The number of benzene rings is 1. The second-order valence-corrected chi connectivity index (χ2v) is 5.69. The van der Waals surface area contributed by atoms with Crippen LogP contribution in [-0.4, -0.2) is 48.8 Å². The molecular formula is C15H21N3O2. The number of nitrogens with one attached hydrogen (secondary N) is 1. The summed E-state index contributed by atoms with van der Waals surface area (Å²) in [5, 5.41) is 12.4. The van der Waals surface area contributed by atoms with Gasteiger partial charge in [0.05, 0.1) is 6.10 Å². The van der Waals surface area contributed by atoms with Crippen molar-refractivity contribution in [2.75, 3.05) is 36.9 Å². The van der Waals surface area contributed by atoms with E-state index in [9.17, 15) is 9.90 Å². The molecule has 5 heteroatoms. The van der Waals surface area contributed by atoms with E-state index in [1.165, 1.54) is 11.3 Å². The van der Waals surface area contributed by atoms with Gasteiger partial charge in [-0.05, 0) is 43.0 Å². The van der Waals surface area contributed by atoms with Crippen molar-refractivity contribution in [2.24, 2.45) is 0 Å². The van der Waals surface area contributed by atoms with E-state index >= 15 is 0 Å². The molecule has 2 amide bonds. The van der Waals surface area contributed by atoms with Gasteiger partial charge in [-0.1, -0.05) is 0 Å². The maximum Gasteiger partial charge on any atom is 0.321 e. The van der Waals surface area contributed by atoms with Crippen molar-refractivity contribution < 1.29 is 9.90 Å². The average molecular weight is 275 g/mol. The Balaban J connectivity index is 1.70. The molecule has 1 saturated heterocycles. The van der Waals surface area contributed by atoms with Crippen molar-refractivity contribution in [1.29, 1.82) is 0 Å². The van der Waals surface area contributed by atoms with Crippen LogP contribution in [-0.2, 0) is 6.42 Å². The summed E-state index contributed by atoms with van der Waals surface area (Å²) >= 11 is 0. The fourth-order valence-electron chi connectivity index (χ4n) is 2.99. The molecule has 2 N–H and O–H groups in total. The van der Waals surface area contributed by atoms with Gasteiger partial charge >= 0.3 is 6.03 Å². The van der Waals surface area contributed by atoms with E-state index in [4.69, 9.17) is 0 Å². The molecule has 0 bridgehead atoms. The number of hydrogen-bond acceptors (Lipinski definition) is 3. The largest absolute Gasteiger partial charge is 0.391 e. The van der Waals surface area contributed by atoms with Crippen molar-refractivity contribution in [3.8, 4) is 0 Å². The van der Waals surface area contributed by atoms with Crippen molar-refractivity contribution >= 4 is 17.4 Å². The number of likely N-dealkylation sites (tertiary alicyclic amines) is 1. The van der Waals surface area contributed by atoms with Crippen LogP contribution in [0.1, 0.15) is 18.4 Å². The van der Waals surface area contributed by atoms with Crippen LogP contribution in [0.4, 0.5) is 16.2 Å². The van der Waals surface area contributed by atoms with Crippen LogP contribution in [0.25, 0.3) is 0 Å². The lowest BCUT2D eigenvalue weighted by molar-refractivity contribution is 0.176. The minimum atomic E-state index is -0.377. The molecule has 1 aromatic rings. The number of aliphatic hydroxyl groups is 1. The number of rotatable bonds is 1. The predicted octanol–water partition coefficient (Wildman–Crippen LogP) is 1.67. The minimum absolute atomic E-state index is 0.120. The van der Waals surface area contributed by atoms with E-state index in [2.05, 4.69) is 29.4 Å². The Bertz CT molecular complexity index is 518. The van der Waals surface area contributed by atoms with E-state index in [1.807, 2.05) is 6.07 Å². The molecule has 108 valence electrons. The molecule has 0 radical (unpaired) electrons. The monoisotopic (exact) mass is 275 g/mol. The van der Waals surface area contributed by atoms with Gasteiger partial charge in [0, 0.05) is 38.1 Å². The molecule has 0 spiro atoms. The minimum Gasteiger partial charge on any atom is -0.391 e. The normalized spacial score (nSPS) is 21.8. The van der Waals surface area contributed by atoms with Crippen molar-refractivity contribution in [3.63, 3.8) is 0 Å². The summed E-state index contributed by atoms with van der Waals surface area (Å²) in [6.45, 7) is 2.14. The van der Waals surface area contributed by atoms with Gasteiger partial charge in [-0.15, -0.1) is 0 Å². The Morgan fingerprint density at radius 2 is 2.25 bits per heavy atom. The summed E-state index contributed by atoms with van der Waals surface area (Å²) in [4.78, 5) is 16.0. The van der Waals surface area contributed by atoms with E-state index in [1.54, 1.807) is 4.90 Å². The van der Waals surface area contributed by atoms with Gasteiger partial charge in [-0.25, -0.2) is 4.79 Å². The number of aliphatic hydroxyl groups excluding tert-OH is 1. The van der Waals surface area contributed by atoms with E-state index < -0.39 is 0 Å². The van der Waals surface area contributed by atoms with Gasteiger partial charge in [0.15, 0.2) is 0 Å². The van der Waals surface area contributed by atoms with E-state index in [0.717, 1.165) is 25.1 Å². The highest BCUT2D eigenvalue weighted by molar-refractivity contribution is 5.90. The summed E-state index contributed by atoms with van der Waals surface area (Å²) in [5.41, 5.74) is 3.38. The Labute approximate surface area is 119 Å². The third-order valence-electron chi connectivity index (χ3n) is 4.13. The lowest BCUT2D eigenvalue weighted by Crippen LogP contribution is -2.33. The Kier molecular flexibility index (Phi) is 3.53. The number of aryl methyl sites for hydroxylation is 1. The summed E-state index contributed by atoms with van der Waals surface area (Å²) in [6.07, 6.45) is 2.51. The zero-order chi connectivity index (χ0) is 14.1. The SMILES string of the molecule is CN1CCCc2cc(NC(=O)N3CC[C@H](O)C3)ccc21. The second kappa shape index (κ2) is 5.32. The molecule has 1 aromatic carbocycles. The van der Waals surface area contributed by atoms with Gasteiger partial charge in [0.25, 0.3) is 0 Å². The van der Waals surface area contributed by atoms with Gasteiger partial charge in [0.2, 0.25) is 0 Å². The van der Waals surface area contributed by atoms with Crippen LogP contribution in [0.2, 0.25) is 0 Å². The molecular weight excluding hydrogens is 254 g/mol. The maximum absolute atomic E-state index is 12.1. The lowest BCUT2D eigenvalue weighted by atomic mass is 10.0. The molecule has 0 saturated carbocycles. The summed E-state index contributed by atoms with van der Waals surface area (Å²) in [6, 6.07) is 5.97. The quantitative estimate of drug-likeness (QED) is 0.819. The highest BCUT2D eigenvalue weighted by Crippen LogP contribution is 2.28. The molecule has 5 nitrogen and oxygen atoms in total. The fraction of sp³-hybridized carbons (Fsp3) is 0.533. The number of urea groups is 1. The highest BCUT2D eigenvalue weighted by Gasteiger charge is 2.24. The molecule has 2 heterocycles. The van der Waals surface area contributed by atoms with Crippen LogP contribution in [0, 0.1) is 0 Å². The van der Waals surface area contributed by atoms with Crippen molar-refractivity contribution in [1.82, 2.24) is 4.90 Å². The first-order valence-electron chi connectivity index (χ1n) is 7.21. The van der Waals surface area contributed by atoms with Crippen molar-refractivity contribution in [3.05, 3.63) is 23.8 Å². The van der Waals surface area contributed by atoms with Gasteiger partial charge in [-0.2, -0.15) is 0 Å². The zero-order valence-electron chi connectivity index (χ0n) is 11.8. The number of carbonyl (C=O) groups is 1. The maximum atomic E-state index is 12.1. The molecule has 0 aromatic heterocycles. The van der Waals surface area contributed by atoms with Crippen LogP contribution < -0.4 is 10.2 Å². The van der Waals surface area contributed by atoms with Gasteiger partial charge in [-0.3, -0.25) is 0 Å². The highest BCUT2D eigenvalue weighted by atomic mass is 16.3. The first-order chi connectivity index (χ1) is 9.63. The number of anilines is 2. The number of carbonyl (C=O) groups excluding carboxylic acids is 1. The average Bonchev–Trinajstić information content (AvgIpc) is 2.86. The third-order valence-corrected chi connectivity index (χ3v) is 4.13. The Hall–Kier alpha value is -1.75. The molecule has 20 heavy (non-hydrogen) atoms. The molecule has 2 aliphatic rings. The predicted molar refractivity (Wildman–Crippen MR) is 79.2 cm³/mol.